The van der Waals surface area contributed by atoms with Crippen LogP contribution in [0.3, 0.4) is 0 Å². The Hall–Kier alpha value is -4.60. The number of rotatable bonds is 8. The summed E-state index contributed by atoms with van der Waals surface area (Å²) < 4.78 is 12.4. The zero-order valence-corrected chi connectivity index (χ0v) is 20.7. The van der Waals surface area contributed by atoms with Gasteiger partial charge in [-0.15, -0.1) is 0 Å². The van der Waals surface area contributed by atoms with E-state index in [0.29, 0.717) is 22.9 Å². The fraction of sp³-hybridized carbons (Fsp3) is 0.231. The van der Waals surface area contributed by atoms with Crippen molar-refractivity contribution in [1.29, 1.82) is 0 Å². The summed E-state index contributed by atoms with van der Waals surface area (Å²) in [4.78, 5) is 35.4. The van der Waals surface area contributed by atoms with E-state index in [2.05, 4.69) is 33.3 Å². The summed E-state index contributed by atoms with van der Waals surface area (Å²) >= 11 is 0. The molecule has 0 fully saturated rings. The van der Waals surface area contributed by atoms with Crippen LogP contribution >= 0.6 is 0 Å². The number of hydrogen-bond acceptors (Lipinski definition) is 8. The van der Waals surface area contributed by atoms with E-state index < -0.39 is 5.97 Å². The number of methoxy groups -OCH3 is 2. The van der Waals surface area contributed by atoms with Crippen LogP contribution in [0.15, 0.2) is 49.3 Å². The Balaban J connectivity index is 1.80. The van der Waals surface area contributed by atoms with E-state index in [1.807, 2.05) is 41.9 Å². The third-order valence-electron chi connectivity index (χ3n) is 5.76. The highest BCUT2D eigenvalue weighted by molar-refractivity contribution is 6.02. The van der Waals surface area contributed by atoms with E-state index in [0.717, 1.165) is 24.2 Å². The molecule has 0 spiro atoms. The summed E-state index contributed by atoms with van der Waals surface area (Å²) in [5.41, 5.74) is 4.16. The second-order valence-electron chi connectivity index (χ2n) is 8.24. The van der Waals surface area contributed by atoms with Crippen molar-refractivity contribution in [3.8, 4) is 11.6 Å². The van der Waals surface area contributed by atoms with Crippen molar-refractivity contribution in [3.05, 3.63) is 66.1 Å². The molecule has 1 aromatic carbocycles. The van der Waals surface area contributed by atoms with Gasteiger partial charge in [-0.1, -0.05) is 12.7 Å². The van der Waals surface area contributed by atoms with Gasteiger partial charge in [0.05, 0.1) is 31.3 Å². The molecule has 10 nitrogen and oxygen atoms in total. The molecule has 10 heteroatoms. The SMILES string of the molecule is C=CC(=O)Nc1cc(Nc2ncc(C(=O)OC)c(-n3ccc4c3C=CCC4)n2)c(OC)cc1N(C)C. The molecule has 0 radical (unpaired) electrons. The number of fused-ring (bicyclic) bond motifs is 1. The number of hydrogen-bond donors (Lipinski definition) is 2. The predicted molar refractivity (Wildman–Crippen MR) is 139 cm³/mol. The van der Waals surface area contributed by atoms with E-state index in [-0.39, 0.29) is 17.4 Å². The summed E-state index contributed by atoms with van der Waals surface area (Å²) in [6.07, 6.45) is 10.5. The summed E-state index contributed by atoms with van der Waals surface area (Å²) in [6.45, 7) is 3.52. The van der Waals surface area contributed by atoms with Crippen LogP contribution in [-0.2, 0) is 16.0 Å². The molecule has 2 aromatic heterocycles. The van der Waals surface area contributed by atoms with Crippen molar-refractivity contribution in [1.82, 2.24) is 14.5 Å². The fourth-order valence-electron chi connectivity index (χ4n) is 3.98. The first-order chi connectivity index (χ1) is 17.4. The quantitative estimate of drug-likeness (QED) is 0.362. The zero-order chi connectivity index (χ0) is 25.8. The molecule has 4 rings (SSSR count). The Morgan fingerprint density at radius 3 is 2.72 bits per heavy atom. The highest BCUT2D eigenvalue weighted by atomic mass is 16.5. The number of ether oxygens (including phenoxy) is 2. The first kappa shape index (κ1) is 24.5. The molecule has 2 heterocycles. The number of allylic oxidation sites excluding steroid dienone is 1. The molecule has 0 saturated heterocycles. The van der Waals surface area contributed by atoms with Crippen molar-refractivity contribution < 1.29 is 19.1 Å². The number of aromatic nitrogens is 3. The van der Waals surface area contributed by atoms with Crippen LogP contribution in [0.5, 0.6) is 5.75 Å². The van der Waals surface area contributed by atoms with Gasteiger partial charge < -0.3 is 29.6 Å². The van der Waals surface area contributed by atoms with Gasteiger partial charge in [0.15, 0.2) is 5.82 Å². The highest BCUT2D eigenvalue weighted by Gasteiger charge is 2.21. The number of esters is 1. The average Bonchev–Trinajstić information content (AvgIpc) is 3.32. The number of nitrogens with zero attached hydrogens (tertiary/aromatic N) is 4. The molecule has 2 N–H and O–H groups in total. The number of anilines is 4. The van der Waals surface area contributed by atoms with Crippen molar-refractivity contribution in [2.45, 2.75) is 12.8 Å². The van der Waals surface area contributed by atoms with Crippen molar-refractivity contribution >= 4 is 41.0 Å². The molecule has 0 aliphatic heterocycles. The van der Waals surface area contributed by atoms with Crippen LogP contribution in [0.1, 0.15) is 28.0 Å². The van der Waals surface area contributed by atoms with Gasteiger partial charge in [0, 0.05) is 38.2 Å². The van der Waals surface area contributed by atoms with E-state index in [4.69, 9.17) is 9.47 Å². The van der Waals surface area contributed by atoms with Gasteiger partial charge in [0.1, 0.15) is 11.3 Å². The normalized spacial score (nSPS) is 11.9. The minimum atomic E-state index is -0.541. The molecule has 1 aliphatic carbocycles. The predicted octanol–water partition coefficient (Wildman–Crippen LogP) is 3.96. The van der Waals surface area contributed by atoms with E-state index in [1.54, 1.807) is 19.2 Å². The van der Waals surface area contributed by atoms with E-state index >= 15 is 0 Å². The van der Waals surface area contributed by atoms with Gasteiger partial charge in [-0.05, 0) is 42.7 Å². The Bertz CT molecular complexity index is 1360. The minimum Gasteiger partial charge on any atom is -0.494 e. The van der Waals surface area contributed by atoms with Gasteiger partial charge in [-0.3, -0.25) is 4.79 Å². The van der Waals surface area contributed by atoms with E-state index in [1.165, 1.54) is 24.9 Å². The second kappa shape index (κ2) is 10.3. The Morgan fingerprint density at radius 1 is 1.22 bits per heavy atom. The topological polar surface area (TPSA) is 111 Å². The summed E-state index contributed by atoms with van der Waals surface area (Å²) in [5, 5.41) is 5.97. The number of nitrogens with one attached hydrogen (secondary N) is 2. The van der Waals surface area contributed by atoms with Crippen LogP contribution < -0.4 is 20.3 Å². The monoisotopic (exact) mass is 488 g/mol. The number of aryl methyl sites for hydroxylation is 1. The van der Waals surface area contributed by atoms with E-state index in [9.17, 15) is 9.59 Å². The molecule has 36 heavy (non-hydrogen) atoms. The molecule has 0 saturated carbocycles. The van der Waals surface area contributed by atoms with Crippen LogP contribution in [0, 0.1) is 0 Å². The van der Waals surface area contributed by atoms with Gasteiger partial charge in [-0.2, -0.15) is 4.98 Å². The van der Waals surface area contributed by atoms with Crippen molar-refractivity contribution in [3.63, 3.8) is 0 Å². The van der Waals surface area contributed by atoms with Gasteiger partial charge >= 0.3 is 5.97 Å². The number of carbonyl (C=O) groups is 2. The Kier molecular flexibility index (Phi) is 7.05. The molecule has 1 aliphatic rings. The zero-order valence-electron chi connectivity index (χ0n) is 20.7. The maximum Gasteiger partial charge on any atom is 0.343 e. The Morgan fingerprint density at radius 2 is 2.03 bits per heavy atom. The highest BCUT2D eigenvalue weighted by Crippen LogP contribution is 2.37. The third kappa shape index (κ3) is 4.78. The van der Waals surface area contributed by atoms with Crippen molar-refractivity contribution in [2.75, 3.05) is 43.8 Å². The minimum absolute atomic E-state index is 0.231. The lowest BCUT2D eigenvalue weighted by Gasteiger charge is -2.21. The molecular formula is C26H28N6O4. The summed E-state index contributed by atoms with van der Waals surface area (Å²) in [6, 6.07) is 5.54. The lowest BCUT2D eigenvalue weighted by atomic mass is 10.0. The largest absolute Gasteiger partial charge is 0.494 e. The molecule has 0 bridgehead atoms. The maximum atomic E-state index is 12.5. The standard InChI is InChI=1S/C26H28N6O4/c1-6-23(33)28-18-13-19(22(35-4)14-21(18)31(2)3)29-26-27-15-17(25(34)36-5)24(30-26)32-12-11-16-9-7-8-10-20(16)32/h6,8,10-15H,1,7,9H2,2-5H3,(H,28,33)(H,27,29,30). The lowest BCUT2D eigenvalue weighted by Crippen LogP contribution is -2.16. The second-order valence-corrected chi connectivity index (χ2v) is 8.24. The third-order valence-corrected chi connectivity index (χ3v) is 5.76. The van der Waals surface area contributed by atoms with Crippen LogP contribution in [-0.4, -0.2) is 54.7 Å². The first-order valence-corrected chi connectivity index (χ1v) is 11.3. The van der Waals surface area contributed by atoms with Gasteiger partial charge in [-0.25, -0.2) is 9.78 Å². The van der Waals surface area contributed by atoms with Crippen LogP contribution in [0.2, 0.25) is 0 Å². The maximum absolute atomic E-state index is 12.5. The number of amides is 1. The Labute approximate surface area is 209 Å². The number of benzene rings is 1. The molecule has 1 amide bonds. The van der Waals surface area contributed by atoms with Crippen LogP contribution in [0.25, 0.3) is 11.9 Å². The fourth-order valence-corrected chi connectivity index (χ4v) is 3.98. The summed E-state index contributed by atoms with van der Waals surface area (Å²) in [7, 11) is 6.59. The average molecular weight is 489 g/mol. The number of carbonyl (C=O) groups excluding carboxylic acids is 2. The van der Waals surface area contributed by atoms with Crippen LogP contribution in [0.4, 0.5) is 23.0 Å². The van der Waals surface area contributed by atoms with Crippen molar-refractivity contribution in [2.24, 2.45) is 0 Å². The molecular weight excluding hydrogens is 460 g/mol. The van der Waals surface area contributed by atoms with Gasteiger partial charge in [0.25, 0.3) is 0 Å². The first-order valence-electron chi connectivity index (χ1n) is 11.3. The molecule has 0 unspecified atom stereocenters. The van der Waals surface area contributed by atoms with Gasteiger partial charge in [0.2, 0.25) is 11.9 Å². The smallest absolute Gasteiger partial charge is 0.343 e. The molecule has 3 aromatic rings. The molecule has 0 atom stereocenters. The molecule has 186 valence electrons. The summed E-state index contributed by atoms with van der Waals surface area (Å²) in [5.74, 6) is 0.244. The lowest BCUT2D eigenvalue weighted by molar-refractivity contribution is -0.111.